The van der Waals surface area contributed by atoms with Crippen molar-refractivity contribution in [3.63, 3.8) is 0 Å². The molecule has 7 nitrogen and oxygen atoms in total. The van der Waals surface area contributed by atoms with Gasteiger partial charge in [-0.1, -0.05) is 18.2 Å². The Kier molecular flexibility index (Phi) is 5.84. The number of aryl methyl sites for hydroxylation is 1. The van der Waals surface area contributed by atoms with Crippen LogP contribution in [0.15, 0.2) is 34.7 Å². The summed E-state index contributed by atoms with van der Waals surface area (Å²) in [4.78, 5) is 28.0. The molecule has 0 unspecified atom stereocenters. The monoisotopic (exact) mass is 384 g/mol. The number of fused-ring (bicyclic) bond motifs is 1. The number of amides is 1. The van der Waals surface area contributed by atoms with Crippen molar-refractivity contribution in [1.82, 2.24) is 10.3 Å². The van der Waals surface area contributed by atoms with Crippen LogP contribution in [-0.4, -0.2) is 37.2 Å². The molecule has 0 aliphatic carbocycles. The molecule has 2 N–H and O–H groups in total. The van der Waals surface area contributed by atoms with Crippen LogP contribution in [0.2, 0.25) is 0 Å². The first kappa shape index (κ1) is 19.7. The van der Waals surface area contributed by atoms with Crippen molar-refractivity contribution >= 4 is 22.8 Å². The summed E-state index contributed by atoms with van der Waals surface area (Å²) >= 11 is 0. The van der Waals surface area contributed by atoms with Gasteiger partial charge in [0.25, 0.3) is 5.91 Å². The van der Waals surface area contributed by atoms with E-state index < -0.39 is 5.97 Å². The summed E-state index contributed by atoms with van der Waals surface area (Å²) in [5.41, 5.74) is 2.61. The maximum Gasteiger partial charge on any atom is 0.340 e. The normalized spacial score (nSPS) is 12.1. The standard InChI is InChI=1S/C21H24N2O5/c1-12-18(21(25)27-10-9-26-4)14(3)22-19(12)20(24)23-13(2)17-11-15-7-5-6-8-16(15)28-17/h5-8,11,13,22H,9-10H2,1-4H3,(H,23,24)/t13-/m0/s1. The van der Waals surface area contributed by atoms with Gasteiger partial charge >= 0.3 is 5.97 Å². The third kappa shape index (κ3) is 3.94. The minimum atomic E-state index is -0.479. The van der Waals surface area contributed by atoms with Crippen LogP contribution < -0.4 is 5.32 Å². The molecule has 1 amide bonds. The number of benzene rings is 1. The van der Waals surface area contributed by atoms with Crippen LogP contribution in [0.5, 0.6) is 0 Å². The summed E-state index contributed by atoms with van der Waals surface area (Å²) in [5, 5.41) is 3.89. The topological polar surface area (TPSA) is 93.6 Å². The zero-order valence-electron chi connectivity index (χ0n) is 16.4. The van der Waals surface area contributed by atoms with Crippen LogP contribution in [-0.2, 0) is 9.47 Å². The Balaban J connectivity index is 1.75. The fourth-order valence-electron chi connectivity index (χ4n) is 3.13. The van der Waals surface area contributed by atoms with Crippen LogP contribution in [0.3, 0.4) is 0 Å². The number of rotatable bonds is 7. The Labute approximate surface area is 163 Å². The van der Waals surface area contributed by atoms with Crippen molar-refractivity contribution in [1.29, 1.82) is 0 Å². The summed E-state index contributed by atoms with van der Waals surface area (Å²) in [6, 6.07) is 9.25. The Morgan fingerprint density at radius 3 is 2.68 bits per heavy atom. The summed E-state index contributed by atoms with van der Waals surface area (Å²) in [6.07, 6.45) is 0. The molecule has 0 aliphatic rings. The van der Waals surface area contributed by atoms with E-state index in [0.29, 0.717) is 34.9 Å². The third-order valence-electron chi connectivity index (χ3n) is 4.61. The first-order valence-corrected chi connectivity index (χ1v) is 9.07. The van der Waals surface area contributed by atoms with Gasteiger partial charge in [0.15, 0.2) is 0 Å². The first-order chi connectivity index (χ1) is 13.4. The molecule has 2 aromatic heterocycles. The number of aromatic nitrogens is 1. The minimum Gasteiger partial charge on any atom is -0.460 e. The number of nitrogens with one attached hydrogen (secondary N) is 2. The highest BCUT2D eigenvalue weighted by atomic mass is 16.6. The van der Waals surface area contributed by atoms with Crippen molar-refractivity contribution in [3.8, 4) is 0 Å². The van der Waals surface area contributed by atoms with Gasteiger partial charge in [-0.2, -0.15) is 0 Å². The van der Waals surface area contributed by atoms with E-state index in [9.17, 15) is 9.59 Å². The lowest BCUT2D eigenvalue weighted by Crippen LogP contribution is -2.27. The molecule has 1 aromatic carbocycles. The average molecular weight is 384 g/mol. The molecule has 28 heavy (non-hydrogen) atoms. The molecule has 3 rings (SSSR count). The van der Waals surface area contributed by atoms with Gasteiger partial charge in [0, 0.05) is 18.2 Å². The molecule has 148 valence electrons. The highest BCUT2D eigenvalue weighted by Crippen LogP contribution is 2.25. The molecule has 0 saturated heterocycles. The second kappa shape index (κ2) is 8.31. The number of ether oxygens (including phenoxy) is 2. The molecule has 1 atom stereocenters. The molecule has 3 aromatic rings. The number of aromatic amines is 1. The van der Waals surface area contributed by atoms with Crippen LogP contribution >= 0.6 is 0 Å². The lowest BCUT2D eigenvalue weighted by atomic mass is 10.1. The first-order valence-electron chi connectivity index (χ1n) is 9.07. The molecular formula is C21H24N2O5. The van der Waals surface area contributed by atoms with E-state index in [1.807, 2.05) is 37.3 Å². The maximum atomic E-state index is 12.8. The highest BCUT2D eigenvalue weighted by Gasteiger charge is 2.24. The predicted octanol–water partition coefficient (Wildman–Crippen LogP) is 3.67. The number of furan rings is 1. The predicted molar refractivity (Wildman–Crippen MR) is 105 cm³/mol. The van der Waals surface area contributed by atoms with E-state index in [-0.39, 0.29) is 18.6 Å². The second-order valence-corrected chi connectivity index (χ2v) is 6.64. The van der Waals surface area contributed by atoms with Crippen LogP contribution in [0.25, 0.3) is 11.0 Å². The molecule has 0 bridgehead atoms. The highest BCUT2D eigenvalue weighted by molar-refractivity contribution is 6.00. The molecule has 2 heterocycles. The number of methoxy groups -OCH3 is 1. The number of hydrogen-bond donors (Lipinski definition) is 2. The van der Waals surface area contributed by atoms with Crippen LogP contribution in [0.4, 0.5) is 0 Å². The zero-order valence-corrected chi connectivity index (χ0v) is 16.4. The number of esters is 1. The molecule has 0 aliphatic heterocycles. The molecular weight excluding hydrogens is 360 g/mol. The maximum absolute atomic E-state index is 12.8. The van der Waals surface area contributed by atoms with Gasteiger partial charge in [-0.3, -0.25) is 4.79 Å². The Morgan fingerprint density at radius 2 is 1.96 bits per heavy atom. The largest absolute Gasteiger partial charge is 0.460 e. The SMILES string of the molecule is COCCOC(=O)c1c(C)[nH]c(C(=O)N[C@@H](C)c2cc3ccccc3o2)c1C. The van der Waals surface area contributed by atoms with Gasteiger partial charge in [-0.05, 0) is 38.5 Å². The van der Waals surface area contributed by atoms with E-state index >= 15 is 0 Å². The van der Waals surface area contributed by atoms with Crippen molar-refractivity contribution in [2.75, 3.05) is 20.3 Å². The van der Waals surface area contributed by atoms with Gasteiger partial charge in [0.05, 0.1) is 18.2 Å². The third-order valence-corrected chi connectivity index (χ3v) is 4.61. The smallest absolute Gasteiger partial charge is 0.340 e. The summed E-state index contributed by atoms with van der Waals surface area (Å²) in [6.45, 7) is 5.78. The van der Waals surface area contributed by atoms with E-state index in [1.54, 1.807) is 13.8 Å². The van der Waals surface area contributed by atoms with Crippen molar-refractivity contribution in [2.24, 2.45) is 0 Å². The lowest BCUT2D eigenvalue weighted by molar-refractivity contribution is 0.0387. The summed E-state index contributed by atoms with van der Waals surface area (Å²) in [5.74, 6) is -0.133. The van der Waals surface area contributed by atoms with E-state index in [0.717, 1.165) is 11.0 Å². The number of H-pyrrole nitrogens is 1. The van der Waals surface area contributed by atoms with Gasteiger partial charge in [0.1, 0.15) is 23.6 Å². The van der Waals surface area contributed by atoms with E-state index in [4.69, 9.17) is 13.9 Å². The number of para-hydroxylation sites is 1. The summed E-state index contributed by atoms with van der Waals surface area (Å²) in [7, 11) is 1.53. The van der Waals surface area contributed by atoms with E-state index in [2.05, 4.69) is 10.3 Å². The lowest BCUT2D eigenvalue weighted by Gasteiger charge is -2.11. The van der Waals surface area contributed by atoms with Gasteiger partial charge in [-0.15, -0.1) is 0 Å². The number of carbonyl (C=O) groups excluding carboxylic acids is 2. The average Bonchev–Trinajstić information content (AvgIpc) is 3.22. The fraction of sp³-hybridized carbons (Fsp3) is 0.333. The van der Waals surface area contributed by atoms with Gasteiger partial charge < -0.3 is 24.2 Å². The summed E-state index contributed by atoms with van der Waals surface area (Å²) < 4.78 is 15.9. The quantitative estimate of drug-likeness (QED) is 0.479. The van der Waals surface area contributed by atoms with Crippen molar-refractivity contribution in [2.45, 2.75) is 26.8 Å². The van der Waals surface area contributed by atoms with Gasteiger partial charge in [-0.25, -0.2) is 4.79 Å². The second-order valence-electron chi connectivity index (χ2n) is 6.64. The minimum absolute atomic E-state index is 0.157. The molecule has 0 radical (unpaired) electrons. The number of carbonyl (C=O) groups is 2. The van der Waals surface area contributed by atoms with Crippen LogP contribution in [0, 0.1) is 13.8 Å². The fourth-order valence-corrected chi connectivity index (χ4v) is 3.13. The van der Waals surface area contributed by atoms with Gasteiger partial charge in [0.2, 0.25) is 0 Å². The molecule has 7 heteroatoms. The van der Waals surface area contributed by atoms with E-state index in [1.165, 1.54) is 7.11 Å². The Morgan fingerprint density at radius 1 is 1.21 bits per heavy atom. The van der Waals surface area contributed by atoms with Crippen molar-refractivity contribution < 1.29 is 23.5 Å². The molecule has 0 saturated carbocycles. The molecule has 0 fully saturated rings. The van der Waals surface area contributed by atoms with Crippen molar-refractivity contribution in [3.05, 3.63) is 58.6 Å². The zero-order chi connectivity index (χ0) is 20.3. The Hall–Kier alpha value is -3.06. The molecule has 0 spiro atoms. The Bertz CT molecular complexity index is 969. The van der Waals surface area contributed by atoms with Crippen LogP contribution in [0.1, 0.15) is 50.8 Å². The number of hydrogen-bond acceptors (Lipinski definition) is 5.